The van der Waals surface area contributed by atoms with E-state index in [9.17, 15) is 9.18 Å². The Kier molecular flexibility index (Phi) is 5.70. The Bertz CT molecular complexity index is 1030. The van der Waals surface area contributed by atoms with Crippen LogP contribution >= 0.6 is 0 Å². The minimum atomic E-state index is -0.288. The van der Waals surface area contributed by atoms with Crippen LogP contribution in [0.15, 0.2) is 36.4 Å². The lowest BCUT2D eigenvalue weighted by molar-refractivity contribution is -0.117. The average molecular weight is 394 g/mol. The molecule has 0 bridgehead atoms. The van der Waals surface area contributed by atoms with Crippen molar-refractivity contribution < 1.29 is 13.9 Å². The molecule has 1 saturated carbocycles. The average Bonchev–Trinajstić information content (AvgIpc) is 3.33. The van der Waals surface area contributed by atoms with Crippen LogP contribution in [0.4, 0.5) is 4.39 Å². The van der Waals surface area contributed by atoms with Crippen LogP contribution in [0.5, 0.6) is 5.75 Å². The first-order chi connectivity index (χ1) is 14.0. The number of carbonyl (C=O) groups is 1. The number of aromatic nitrogens is 1. The molecule has 1 fully saturated rings. The Morgan fingerprint density at radius 2 is 1.97 bits per heavy atom. The number of aromatic amines is 1. The van der Waals surface area contributed by atoms with Crippen molar-refractivity contribution in [3.63, 3.8) is 0 Å². The number of carbonyl (C=O) groups excluding carboxylic acids is 1. The lowest BCUT2D eigenvalue weighted by Gasteiger charge is -2.15. The molecule has 4 rings (SSSR count). The highest BCUT2D eigenvalue weighted by Crippen LogP contribution is 2.36. The molecule has 29 heavy (non-hydrogen) atoms. The van der Waals surface area contributed by atoms with Crippen LogP contribution < -0.4 is 4.74 Å². The van der Waals surface area contributed by atoms with E-state index in [0.29, 0.717) is 42.2 Å². The molecule has 0 unspecified atom stereocenters. The zero-order valence-corrected chi connectivity index (χ0v) is 17.2. The molecule has 3 nitrogen and oxygen atoms in total. The van der Waals surface area contributed by atoms with Crippen molar-refractivity contribution in [1.82, 2.24) is 4.98 Å². The number of hydrogen-bond donors (Lipinski definition) is 1. The van der Waals surface area contributed by atoms with Crippen molar-refractivity contribution in [2.45, 2.75) is 64.9 Å². The van der Waals surface area contributed by atoms with Crippen LogP contribution in [-0.2, 0) is 17.8 Å². The van der Waals surface area contributed by atoms with Crippen molar-refractivity contribution in [2.75, 3.05) is 0 Å². The summed E-state index contributed by atoms with van der Waals surface area (Å²) in [6.45, 7) is 4.16. The summed E-state index contributed by atoms with van der Waals surface area (Å²) >= 11 is 0. The highest BCUT2D eigenvalue weighted by molar-refractivity contribution is 5.83. The van der Waals surface area contributed by atoms with Gasteiger partial charge in [0.15, 0.2) is 5.82 Å². The molecule has 2 aromatic carbocycles. The largest absolute Gasteiger partial charge is 0.489 e. The maximum Gasteiger partial charge on any atom is 0.151 e. The number of hydrogen-bond acceptors (Lipinski definition) is 2. The smallest absolute Gasteiger partial charge is 0.151 e. The van der Waals surface area contributed by atoms with Gasteiger partial charge in [0.05, 0.1) is 5.69 Å². The molecule has 0 aliphatic heterocycles. The van der Waals surface area contributed by atoms with Crippen molar-refractivity contribution in [3.8, 4) is 5.75 Å². The summed E-state index contributed by atoms with van der Waals surface area (Å²) in [5, 5.41) is 0.508. The number of ketones is 1. The van der Waals surface area contributed by atoms with Gasteiger partial charge in [0, 0.05) is 17.3 Å². The summed E-state index contributed by atoms with van der Waals surface area (Å²) in [5.74, 6) is 1.12. The zero-order valence-electron chi connectivity index (χ0n) is 17.2. The minimum absolute atomic E-state index is 0.0568. The van der Waals surface area contributed by atoms with Gasteiger partial charge in [-0.2, -0.15) is 0 Å². The van der Waals surface area contributed by atoms with Gasteiger partial charge in [-0.1, -0.05) is 31.0 Å². The topological polar surface area (TPSA) is 42.1 Å². The molecule has 1 N–H and O–H groups in total. The van der Waals surface area contributed by atoms with Crippen LogP contribution in [0.3, 0.4) is 0 Å². The number of aryl methyl sites for hydroxylation is 2. The van der Waals surface area contributed by atoms with Gasteiger partial charge < -0.3 is 14.5 Å². The highest BCUT2D eigenvalue weighted by Gasteiger charge is 2.18. The van der Waals surface area contributed by atoms with Crippen LogP contribution in [0.2, 0.25) is 0 Å². The fraction of sp³-hybridized carbons (Fsp3) is 0.400. The molecular formula is C25H28FNO2. The van der Waals surface area contributed by atoms with Crippen LogP contribution in [-0.4, -0.2) is 10.8 Å². The maximum absolute atomic E-state index is 14.7. The van der Waals surface area contributed by atoms with E-state index in [2.05, 4.69) is 30.1 Å². The molecule has 1 aromatic heterocycles. The first kappa shape index (κ1) is 19.7. The Morgan fingerprint density at radius 3 is 2.69 bits per heavy atom. The molecule has 4 heteroatoms. The first-order valence-corrected chi connectivity index (χ1v) is 10.5. The molecule has 0 saturated heterocycles. The van der Waals surface area contributed by atoms with E-state index in [1.807, 2.05) is 12.1 Å². The van der Waals surface area contributed by atoms with Gasteiger partial charge in [0.2, 0.25) is 0 Å². The Labute approximate surface area is 171 Å². The van der Waals surface area contributed by atoms with Crippen LogP contribution in [0.1, 0.15) is 67.3 Å². The number of halogens is 1. The molecule has 0 spiro atoms. The second kappa shape index (κ2) is 8.40. The Morgan fingerprint density at radius 1 is 1.17 bits per heavy atom. The lowest BCUT2D eigenvalue weighted by atomic mass is 9.92. The highest BCUT2D eigenvalue weighted by atomic mass is 19.1. The van der Waals surface area contributed by atoms with Gasteiger partial charge in [-0.15, -0.1) is 0 Å². The number of rotatable bonds is 7. The summed E-state index contributed by atoms with van der Waals surface area (Å²) in [4.78, 5) is 14.3. The molecule has 3 aromatic rings. The second-order valence-corrected chi connectivity index (χ2v) is 8.29. The number of benzene rings is 2. The molecule has 1 aliphatic rings. The summed E-state index contributed by atoms with van der Waals surface area (Å²) in [6.07, 6.45) is 6.00. The Hall–Kier alpha value is -2.62. The molecule has 1 heterocycles. The predicted molar refractivity (Wildman–Crippen MR) is 114 cm³/mol. The van der Waals surface area contributed by atoms with Gasteiger partial charge in [-0.05, 0) is 73.9 Å². The number of nitrogens with one attached hydrogen (secondary N) is 1. The third-order valence-electron chi connectivity index (χ3n) is 6.04. The van der Waals surface area contributed by atoms with Crippen LogP contribution in [0.25, 0.3) is 10.9 Å². The fourth-order valence-electron chi connectivity index (χ4n) is 4.45. The van der Waals surface area contributed by atoms with E-state index in [1.54, 1.807) is 6.07 Å². The molecule has 1 aliphatic carbocycles. The lowest BCUT2D eigenvalue weighted by Crippen LogP contribution is -2.00. The molecule has 152 valence electrons. The summed E-state index contributed by atoms with van der Waals surface area (Å²) in [6, 6.07) is 12.0. The van der Waals surface area contributed by atoms with Crippen molar-refractivity contribution in [2.24, 2.45) is 0 Å². The predicted octanol–water partition coefficient (Wildman–Crippen LogP) is 6.37. The van der Waals surface area contributed by atoms with Crippen molar-refractivity contribution in [3.05, 3.63) is 64.6 Å². The van der Waals surface area contributed by atoms with Gasteiger partial charge in [-0.25, -0.2) is 4.39 Å². The van der Waals surface area contributed by atoms with Crippen molar-refractivity contribution >= 4 is 16.7 Å². The van der Waals surface area contributed by atoms with E-state index >= 15 is 0 Å². The summed E-state index contributed by atoms with van der Waals surface area (Å²) in [5.41, 5.74) is 5.14. The normalized spacial score (nSPS) is 14.6. The molecular weight excluding hydrogens is 365 g/mol. The number of Topliss-reactive ketones (excluding diaryl/α,β-unsaturated/α-hetero) is 1. The minimum Gasteiger partial charge on any atom is -0.489 e. The van der Waals surface area contributed by atoms with E-state index in [0.717, 1.165) is 11.1 Å². The Balaban J connectivity index is 1.46. The third-order valence-corrected chi connectivity index (χ3v) is 6.04. The maximum atomic E-state index is 14.7. The van der Waals surface area contributed by atoms with Gasteiger partial charge in [0.25, 0.3) is 0 Å². The molecule has 0 radical (unpaired) electrons. The molecule has 0 atom stereocenters. The van der Waals surface area contributed by atoms with Crippen LogP contribution in [0, 0.1) is 12.7 Å². The summed E-state index contributed by atoms with van der Waals surface area (Å²) in [7, 11) is 0. The number of fused-ring (bicyclic) bond motifs is 1. The van der Waals surface area contributed by atoms with Gasteiger partial charge >= 0.3 is 0 Å². The van der Waals surface area contributed by atoms with E-state index in [1.165, 1.54) is 43.7 Å². The van der Waals surface area contributed by atoms with Crippen molar-refractivity contribution in [1.29, 1.82) is 0 Å². The standard InChI is InChI=1S/C25H28FNO2/c1-16-13-18(8-10-21(16)19-5-3-4-6-19)15-29-20-9-12-23-22(14-20)25(26)24(27-23)11-7-17(2)28/h8-10,12-14,19,27H,3-7,11,15H2,1-2H3. The van der Waals surface area contributed by atoms with Gasteiger partial charge in [-0.3, -0.25) is 0 Å². The summed E-state index contributed by atoms with van der Waals surface area (Å²) < 4.78 is 20.6. The van der Waals surface area contributed by atoms with E-state index < -0.39 is 0 Å². The second-order valence-electron chi connectivity index (χ2n) is 8.29. The monoisotopic (exact) mass is 393 g/mol. The zero-order chi connectivity index (χ0) is 20.4. The third kappa shape index (κ3) is 4.36. The molecule has 0 amide bonds. The van der Waals surface area contributed by atoms with E-state index in [4.69, 9.17) is 4.74 Å². The fourth-order valence-corrected chi connectivity index (χ4v) is 4.45. The first-order valence-electron chi connectivity index (χ1n) is 10.5. The van der Waals surface area contributed by atoms with E-state index in [-0.39, 0.29) is 11.6 Å². The number of ether oxygens (including phenoxy) is 1. The number of H-pyrrole nitrogens is 1. The SMILES string of the molecule is CC(=O)CCc1[nH]c2ccc(OCc3ccc(C4CCCC4)c(C)c3)cc2c1F. The van der Waals surface area contributed by atoms with Gasteiger partial charge in [0.1, 0.15) is 18.1 Å². The quantitative estimate of drug-likeness (QED) is 0.506.